The summed E-state index contributed by atoms with van der Waals surface area (Å²) in [5.41, 5.74) is 1.10. The number of halogens is 1. The maximum absolute atomic E-state index is 5.56. The van der Waals surface area contributed by atoms with Crippen LogP contribution in [0.2, 0.25) is 0 Å². The number of aromatic nitrogens is 1. The number of hydrogen-bond acceptors (Lipinski definition) is 4. The minimum absolute atomic E-state index is 0. The summed E-state index contributed by atoms with van der Waals surface area (Å²) in [5.74, 6) is 1.38. The van der Waals surface area contributed by atoms with E-state index < -0.39 is 0 Å². The average molecular weight is 450 g/mol. The van der Waals surface area contributed by atoms with E-state index in [4.69, 9.17) is 9.47 Å². The van der Waals surface area contributed by atoms with Crippen molar-refractivity contribution in [2.24, 2.45) is 10.4 Å². The minimum Gasteiger partial charge on any atom is -0.481 e. The molecule has 0 fully saturated rings. The zero-order chi connectivity index (χ0) is 17.3. The van der Waals surface area contributed by atoms with E-state index in [1.54, 1.807) is 20.4 Å². The van der Waals surface area contributed by atoms with Crippen molar-refractivity contribution in [1.82, 2.24) is 15.6 Å². The van der Waals surface area contributed by atoms with E-state index in [2.05, 4.69) is 41.4 Å². The largest absolute Gasteiger partial charge is 0.481 e. The van der Waals surface area contributed by atoms with Crippen LogP contribution < -0.4 is 15.4 Å². The van der Waals surface area contributed by atoms with Crippen LogP contribution in [0.1, 0.15) is 33.3 Å². The van der Waals surface area contributed by atoms with Crippen LogP contribution in [0.4, 0.5) is 0 Å². The Morgan fingerprint density at radius 1 is 1.25 bits per heavy atom. The molecule has 2 N–H and O–H groups in total. The summed E-state index contributed by atoms with van der Waals surface area (Å²) in [6.07, 6.45) is 1.88. The fourth-order valence-electron chi connectivity index (χ4n) is 2.07. The van der Waals surface area contributed by atoms with Gasteiger partial charge in [0.15, 0.2) is 5.96 Å². The first-order valence-corrected chi connectivity index (χ1v) is 7.94. The number of rotatable bonds is 7. The predicted molar refractivity (Wildman–Crippen MR) is 109 cm³/mol. The van der Waals surface area contributed by atoms with Crippen LogP contribution in [0.25, 0.3) is 0 Å². The van der Waals surface area contributed by atoms with E-state index in [1.165, 1.54) is 0 Å². The second-order valence-electron chi connectivity index (χ2n) is 6.38. The summed E-state index contributed by atoms with van der Waals surface area (Å²) in [6.45, 7) is 10.6. The van der Waals surface area contributed by atoms with Gasteiger partial charge in [0.05, 0.1) is 19.8 Å². The highest BCUT2D eigenvalue weighted by Gasteiger charge is 2.24. The molecule has 7 heteroatoms. The van der Waals surface area contributed by atoms with Gasteiger partial charge in [-0.3, -0.25) is 0 Å². The average Bonchev–Trinajstić information content (AvgIpc) is 2.52. The lowest BCUT2D eigenvalue weighted by Gasteiger charge is -2.30. The van der Waals surface area contributed by atoms with Gasteiger partial charge in [0, 0.05) is 32.5 Å². The van der Waals surface area contributed by atoms with Gasteiger partial charge in [-0.15, -0.1) is 24.0 Å². The zero-order valence-corrected chi connectivity index (χ0v) is 17.9. The van der Waals surface area contributed by atoms with E-state index in [1.807, 2.05) is 19.1 Å². The lowest BCUT2D eigenvalue weighted by molar-refractivity contribution is 0.0205. The summed E-state index contributed by atoms with van der Waals surface area (Å²) >= 11 is 0. The maximum Gasteiger partial charge on any atom is 0.212 e. The Balaban J connectivity index is 0.00000529. The summed E-state index contributed by atoms with van der Waals surface area (Å²) in [6, 6.07) is 3.80. The van der Waals surface area contributed by atoms with E-state index >= 15 is 0 Å². The summed E-state index contributed by atoms with van der Waals surface area (Å²) in [4.78, 5) is 8.77. The van der Waals surface area contributed by atoms with Crippen molar-refractivity contribution in [2.75, 3.05) is 27.3 Å². The molecule has 6 nitrogen and oxygen atoms in total. The molecule has 1 heterocycles. The molecule has 1 aromatic heterocycles. The van der Waals surface area contributed by atoms with Gasteiger partial charge >= 0.3 is 0 Å². The van der Waals surface area contributed by atoms with Crippen LogP contribution in [0.3, 0.4) is 0 Å². The highest BCUT2D eigenvalue weighted by molar-refractivity contribution is 14.0. The summed E-state index contributed by atoms with van der Waals surface area (Å²) in [7, 11) is 3.35. The van der Waals surface area contributed by atoms with E-state index in [0.29, 0.717) is 19.0 Å². The third kappa shape index (κ3) is 8.14. The lowest BCUT2D eigenvalue weighted by atomic mass is 9.89. The SMILES string of the molecule is CCNC(=NCc1ccc(OC)nc1)NCC(OC)C(C)(C)C.I. The molecule has 0 bridgehead atoms. The Bertz CT molecular complexity index is 486. The molecule has 0 aliphatic carbocycles. The fraction of sp³-hybridized carbons (Fsp3) is 0.647. The second-order valence-corrected chi connectivity index (χ2v) is 6.38. The number of ether oxygens (including phenoxy) is 2. The number of nitrogens with one attached hydrogen (secondary N) is 2. The van der Waals surface area contributed by atoms with Crippen LogP contribution in [0.5, 0.6) is 5.88 Å². The molecule has 0 aromatic carbocycles. The van der Waals surface area contributed by atoms with Gasteiger partial charge in [-0.25, -0.2) is 9.98 Å². The van der Waals surface area contributed by atoms with Gasteiger partial charge in [0.25, 0.3) is 0 Å². The van der Waals surface area contributed by atoms with Crippen molar-refractivity contribution >= 4 is 29.9 Å². The molecule has 138 valence electrons. The van der Waals surface area contributed by atoms with Crippen molar-refractivity contribution in [2.45, 2.75) is 40.3 Å². The molecule has 1 atom stereocenters. The Kier molecular flexibility index (Phi) is 10.9. The number of aliphatic imine (C=N–C) groups is 1. The molecule has 0 spiro atoms. The van der Waals surface area contributed by atoms with Gasteiger partial charge in [0.1, 0.15) is 0 Å². The Labute approximate surface area is 162 Å². The smallest absolute Gasteiger partial charge is 0.212 e. The van der Waals surface area contributed by atoms with Crippen LogP contribution in [-0.4, -0.2) is 44.4 Å². The Hall–Kier alpha value is -1.09. The van der Waals surface area contributed by atoms with Crippen LogP contribution in [-0.2, 0) is 11.3 Å². The Morgan fingerprint density at radius 3 is 2.42 bits per heavy atom. The zero-order valence-electron chi connectivity index (χ0n) is 15.5. The van der Waals surface area contributed by atoms with E-state index in [9.17, 15) is 0 Å². The van der Waals surface area contributed by atoms with E-state index in [-0.39, 0.29) is 35.5 Å². The molecular formula is C17H31IN4O2. The van der Waals surface area contributed by atoms with Gasteiger partial charge < -0.3 is 20.1 Å². The standard InChI is InChI=1S/C17H30N4O2.HI/c1-7-18-16(21-12-14(22-5)17(2,3)4)20-11-13-8-9-15(23-6)19-10-13;/h8-10,14H,7,11-12H2,1-6H3,(H2,18,20,21);1H. The van der Waals surface area contributed by atoms with Crippen molar-refractivity contribution in [3.8, 4) is 5.88 Å². The van der Waals surface area contributed by atoms with Crippen molar-refractivity contribution in [3.05, 3.63) is 23.9 Å². The van der Waals surface area contributed by atoms with Crippen LogP contribution >= 0.6 is 24.0 Å². The van der Waals surface area contributed by atoms with Crippen LogP contribution in [0.15, 0.2) is 23.3 Å². The molecule has 0 radical (unpaired) electrons. The topological polar surface area (TPSA) is 67.8 Å². The second kappa shape index (κ2) is 11.5. The van der Waals surface area contributed by atoms with Crippen molar-refractivity contribution < 1.29 is 9.47 Å². The third-order valence-electron chi connectivity index (χ3n) is 3.48. The summed E-state index contributed by atoms with van der Waals surface area (Å²) in [5, 5.41) is 6.58. The molecule has 0 saturated carbocycles. The number of methoxy groups -OCH3 is 2. The first-order chi connectivity index (χ1) is 10.9. The van der Waals surface area contributed by atoms with E-state index in [0.717, 1.165) is 18.1 Å². The maximum atomic E-state index is 5.56. The van der Waals surface area contributed by atoms with Crippen molar-refractivity contribution in [3.63, 3.8) is 0 Å². The molecule has 1 unspecified atom stereocenters. The van der Waals surface area contributed by atoms with Gasteiger partial charge in [-0.1, -0.05) is 26.8 Å². The first-order valence-electron chi connectivity index (χ1n) is 7.94. The first kappa shape index (κ1) is 22.9. The fourth-order valence-corrected chi connectivity index (χ4v) is 2.07. The molecule has 0 aliphatic heterocycles. The van der Waals surface area contributed by atoms with Gasteiger partial charge in [0.2, 0.25) is 5.88 Å². The molecule has 24 heavy (non-hydrogen) atoms. The molecular weight excluding hydrogens is 419 g/mol. The number of nitrogens with zero attached hydrogens (tertiary/aromatic N) is 2. The molecule has 0 saturated heterocycles. The van der Waals surface area contributed by atoms with Crippen LogP contribution in [0, 0.1) is 5.41 Å². The quantitative estimate of drug-likeness (QED) is 0.380. The third-order valence-corrected chi connectivity index (χ3v) is 3.48. The highest BCUT2D eigenvalue weighted by atomic mass is 127. The lowest BCUT2D eigenvalue weighted by Crippen LogP contribution is -2.45. The number of hydrogen-bond donors (Lipinski definition) is 2. The monoisotopic (exact) mass is 450 g/mol. The highest BCUT2D eigenvalue weighted by Crippen LogP contribution is 2.20. The van der Waals surface area contributed by atoms with Crippen molar-refractivity contribution in [1.29, 1.82) is 0 Å². The normalized spacial score (nSPS) is 13.0. The Morgan fingerprint density at radius 2 is 1.96 bits per heavy atom. The molecule has 1 rings (SSSR count). The number of pyridine rings is 1. The molecule has 0 amide bonds. The number of guanidine groups is 1. The summed E-state index contributed by atoms with van der Waals surface area (Å²) < 4.78 is 10.6. The molecule has 0 aliphatic rings. The minimum atomic E-state index is 0. The predicted octanol–water partition coefficient (Wildman–Crippen LogP) is 2.82. The van der Waals surface area contributed by atoms with Gasteiger partial charge in [-0.2, -0.15) is 0 Å². The van der Waals surface area contributed by atoms with Gasteiger partial charge in [-0.05, 0) is 17.9 Å². The molecule has 1 aromatic rings.